The number of ether oxygens (including phenoxy) is 2. The van der Waals surface area contributed by atoms with Crippen molar-refractivity contribution >= 4 is 29.7 Å². The molecule has 0 aliphatic carbocycles. The van der Waals surface area contributed by atoms with Crippen LogP contribution in [0.3, 0.4) is 0 Å². The molecule has 0 heterocycles. The van der Waals surface area contributed by atoms with E-state index in [-0.39, 0.29) is 17.9 Å². The standard InChI is InChI=1S/C28H20ClFN2O4/c29-21-13-9-20(10-14-21)18-35-26-8-4-2-6-24(26)27(33)32-31-17-19-11-15-22(16-12-19)36-28(34)23-5-1-3-7-25(23)30/h1-17H,18H2,(H,32,33). The number of hydrogen-bond acceptors (Lipinski definition) is 5. The molecule has 8 heteroatoms. The number of carbonyl (C=O) groups is 2. The number of benzene rings is 4. The molecule has 0 fully saturated rings. The number of hydrazone groups is 1. The van der Waals surface area contributed by atoms with Gasteiger partial charge in [-0.3, -0.25) is 4.79 Å². The molecule has 4 rings (SSSR count). The van der Waals surface area contributed by atoms with Crippen molar-refractivity contribution in [3.63, 3.8) is 0 Å². The summed E-state index contributed by atoms with van der Waals surface area (Å²) in [5.41, 5.74) is 4.22. The summed E-state index contributed by atoms with van der Waals surface area (Å²) in [6.07, 6.45) is 1.44. The van der Waals surface area contributed by atoms with Crippen molar-refractivity contribution in [2.75, 3.05) is 0 Å². The van der Waals surface area contributed by atoms with Crippen LogP contribution in [0.15, 0.2) is 102 Å². The molecule has 0 saturated heterocycles. The first-order chi connectivity index (χ1) is 17.5. The van der Waals surface area contributed by atoms with Gasteiger partial charge in [-0.2, -0.15) is 5.10 Å². The van der Waals surface area contributed by atoms with Gasteiger partial charge in [0.15, 0.2) is 0 Å². The topological polar surface area (TPSA) is 77.0 Å². The van der Waals surface area contributed by atoms with Gasteiger partial charge in [-0.25, -0.2) is 14.6 Å². The molecule has 4 aromatic rings. The largest absolute Gasteiger partial charge is 0.488 e. The van der Waals surface area contributed by atoms with Gasteiger partial charge in [0, 0.05) is 5.02 Å². The number of carbonyl (C=O) groups excluding carboxylic acids is 2. The molecular formula is C28H20ClFN2O4. The second-order valence-corrected chi connectivity index (χ2v) is 7.99. The zero-order chi connectivity index (χ0) is 25.3. The number of amides is 1. The van der Waals surface area contributed by atoms with Crippen molar-refractivity contribution in [3.05, 3.63) is 130 Å². The zero-order valence-electron chi connectivity index (χ0n) is 18.9. The molecule has 180 valence electrons. The summed E-state index contributed by atoms with van der Waals surface area (Å²) in [7, 11) is 0. The Morgan fingerprint density at radius 2 is 1.53 bits per heavy atom. The number of halogens is 2. The Morgan fingerprint density at radius 3 is 2.25 bits per heavy atom. The number of para-hydroxylation sites is 1. The fourth-order valence-electron chi connectivity index (χ4n) is 3.16. The first kappa shape index (κ1) is 24.6. The Bertz CT molecular complexity index is 1390. The van der Waals surface area contributed by atoms with Crippen LogP contribution in [0.25, 0.3) is 0 Å². The van der Waals surface area contributed by atoms with Gasteiger partial charge < -0.3 is 9.47 Å². The first-order valence-electron chi connectivity index (χ1n) is 10.9. The minimum absolute atomic E-state index is 0.150. The number of rotatable bonds is 8. The van der Waals surface area contributed by atoms with Gasteiger partial charge >= 0.3 is 5.97 Å². The van der Waals surface area contributed by atoms with Crippen molar-refractivity contribution in [2.24, 2.45) is 5.10 Å². The van der Waals surface area contributed by atoms with Crippen molar-refractivity contribution < 1.29 is 23.5 Å². The molecule has 0 radical (unpaired) electrons. The lowest BCUT2D eigenvalue weighted by atomic mass is 10.2. The summed E-state index contributed by atoms with van der Waals surface area (Å²) in [5.74, 6) is -1.22. The fraction of sp³-hybridized carbons (Fsp3) is 0.0357. The zero-order valence-corrected chi connectivity index (χ0v) is 19.6. The summed E-state index contributed by atoms with van der Waals surface area (Å²) in [4.78, 5) is 24.8. The van der Waals surface area contributed by atoms with E-state index in [4.69, 9.17) is 21.1 Å². The maximum absolute atomic E-state index is 13.7. The van der Waals surface area contributed by atoms with Gasteiger partial charge in [0.2, 0.25) is 0 Å². The van der Waals surface area contributed by atoms with Crippen LogP contribution in [0, 0.1) is 5.82 Å². The van der Waals surface area contributed by atoms with E-state index in [9.17, 15) is 14.0 Å². The smallest absolute Gasteiger partial charge is 0.346 e. The van der Waals surface area contributed by atoms with Crippen LogP contribution in [-0.4, -0.2) is 18.1 Å². The molecule has 4 aromatic carbocycles. The van der Waals surface area contributed by atoms with Gasteiger partial charge in [0.1, 0.15) is 23.9 Å². The van der Waals surface area contributed by atoms with Crippen molar-refractivity contribution in [1.29, 1.82) is 0 Å². The van der Waals surface area contributed by atoms with Crippen LogP contribution >= 0.6 is 11.6 Å². The third-order valence-electron chi connectivity index (χ3n) is 5.00. The minimum Gasteiger partial charge on any atom is -0.488 e. The van der Waals surface area contributed by atoms with Crippen LogP contribution in [0.1, 0.15) is 31.8 Å². The van der Waals surface area contributed by atoms with E-state index in [1.54, 1.807) is 66.7 Å². The highest BCUT2D eigenvalue weighted by molar-refractivity contribution is 6.30. The molecule has 0 spiro atoms. The van der Waals surface area contributed by atoms with Crippen LogP contribution < -0.4 is 14.9 Å². The summed E-state index contributed by atoms with van der Waals surface area (Å²) in [6.45, 7) is 0.276. The van der Waals surface area contributed by atoms with Gasteiger partial charge in [-0.1, -0.05) is 48.0 Å². The Hall–Kier alpha value is -4.49. The number of hydrogen-bond donors (Lipinski definition) is 1. The fourth-order valence-corrected chi connectivity index (χ4v) is 3.28. The molecule has 1 amide bonds. The molecule has 0 aromatic heterocycles. The van der Waals surface area contributed by atoms with Crippen molar-refractivity contribution in [3.8, 4) is 11.5 Å². The lowest BCUT2D eigenvalue weighted by molar-refractivity contribution is 0.0729. The highest BCUT2D eigenvalue weighted by atomic mass is 35.5. The summed E-state index contributed by atoms with van der Waals surface area (Å²) >= 11 is 5.90. The molecule has 1 N–H and O–H groups in total. The summed E-state index contributed by atoms with van der Waals surface area (Å²) in [5, 5.41) is 4.62. The van der Waals surface area contributed by atoms with E-state index in [1.165, 1.54) is 24.4 Å². The van der Waals surface area contributed by atoms with Gasteiger partial charge in [-0.15, -0.1) is 0 Å². The van der Waals surface area contributed by atoms with Crippen LogP contribution in [-0.2, 0) is 6.61 Å². The monoisotopic (exact) mass is 502 g/mol. The molecule has 0 saturated carbocycles. The predicted molar refractivity (Wildman–Crippen MR) is 135 cm³/mol. The Labute approximate surface area is 211 Å². The molecule has 36 heavy (non-hydrogen) atoms. The maximum atomic E-state index is 13.7. The lowest BCUT2D eigenvalue weighted by Crippen LogP contribution is -2.18. The summed E-state index contributed by atoms with van der Waals surface area (Å²) in [6, 6.07) is 26.0. The predicted octanol–water partition coefficient (Wildman–Crippen LogP) is 6.04. The highest BCUT2D eigenvalue weighted by Crippen LogP contribution is 2.20. The van der Waals surface area contributed by atoms with E-state index in [0.717, 1.165) is 5.56 Å². The molecule has 0 aliphatic rings. The molecule has 6 nitrogen and oxygen atoms in total. The van der Waals surface area contributed by atoms with Gasteiger partial charge in [0.25, 0.3) is 5.91 Å². The molecule has 0 atom stereocenters. The van der Waals surface area contributed by atoms with Crippen LogP contribution in [0.2, 0.25) is 5.02 Å². The normalized spacial score (nSPS) is 10.7. The SMILES string of the molecule is O=C(Oc1ccc(C=NNC(=O)c2ccccc2OCc2ccc(Cl)cc2)cc1)c1ccccc1F. The molecule has 0 bridgehead atoms. The van der Waals surface area contributed by atoms with Crippen LogP contribution in [0.5, 0.6) is 11.5 Å². The Kier molecular flexibility index (Phi) is 8.05. The Balaban J connectivity index is 1.33. The first-order valence-corrected chi connectivity index (χ1v) is 11.2. The average Bonchev–Trinajstić information content (AvgIpc) is 2.89. The molecular weight excluding hydrogens is 483 g/mol. The van der Waals surface area contributed by atoms with E-state index < -0.39 is 17.7 Å². The minimum atomic E-state index is -0.793. The van der Waals surface area contributed by atoms with E-state index in [0.29, 0.717) is 21.9 Å². The average molecular weight is 503 g/mol. The van der Waals surface area contributed by atoms with Crippen molar-refractivity contribution in [2.45, 2.75) is 6.61 Å². The van der Waals surface area contributed by atoms with E-state index in [1.807, 2.05) is 12.1 Å². The van der Waals surface area contributed by atoms with Gasteiger partial charge in [-0.05, 0) is 71.8 Å². The van der Waals surface area contributed by atoms with Crippen molar-refractivity contribution in [1.82, 2.24) is 5.43 Å². The third-order valence-corrected chi connectivity index (χ3v) is 5.26. The third kappa shape index (κ3) is 6.55. The molecule has 0 unspecified atom stereocenters. The highest BCUT2D eigenvalue weighted by Gasteiger charge is 2.13. The van der Waals surface area contributed by atoms with E-state index >= 15 is 0 Å². The number of nitrogens with zero attached hydrogens (tertiary/aromatic N) is 1. The second kappa shape index (κ2) is 11.8. The van der Waals surface area contributed by atoms with Crippen LogP contribution in [0.4, 0.5) is 4.39 Å². The maximum Gasteiger partial charge on any atom is 0.346 e. The number of esters is 1. The summed E-state index contributed by atoms with van der Waals surface area (Å²) < 4.78 is 24.7. The second-order valence-electron chi connectivity index (χ2n) is 7.55. The van der Waals surface area contributed by atoms with E-state index in [2.05, 4.69) is 10.5 Å². The quantitative estimate of drug-likeness (QED) is 0.138. The Morgan fingerprint density at radius 1 is 0.861 bits per heavy atom. The molecule has 0 aliphatic heterocycles. The number of nitrogens with one attached hydrogen (secondary N) is 1. The van der Waals surface area contributed by atoms with Gasteiger partial charge in [0.05, 0.1) is 17.3 Å². The lowest BCUT2D eigenvalue weighted by Gasteiger charge is -2.10.